The van der Waals surface area contributed by atoms with Gasteiger partial charge in [-0.15, -0.1) is 0 Å². The van der Waals surface area contributed by atoms with Crippen LogP contribution in [-0.4, -0.2) is 28.2 Å². The molecule has 0 radical (unpaired) electrons. The summed E-state index contributed by atoms with van der Waals surface area (Å²) in [6, 6.07) is 13.0. The van der Waals surface area contributed by atoms with Crippen molar-refractivity contribution in [3.8, 4) is 0 Å². The van der Waals surface area contributed by atoms with E-state index in [0.29, 0.717) is 23.1 Å². The summed E-state index contributed by atoms with van der Waals surface area (Å²) in [7, 11) is 0. The predicted molar refractivity (Wildman–Crippen MR) is 132 cm³/mol. The Labute approximate surface area is 194 Å². The maximum Gasteiger partial charge on any atom is 0.258 e. The average Bonchev–Trinajstić information content (AvgIpc) is 3.03. The highest BCUT2D eigenvalue weighted by Gasteiger charge is 2.13. The number of amides is 1. The summed E-state index contributed by atoms with van der Waals surface area (Å²) in [6.45, 7) is 11.6. The lowest BCUT2D eigenvalue weighted by Gasteiger charge is -2.14. The molecule has 0 unspecified atom stereocenters. The fourth-order valence-corrected chi connectivity index (χ4v) is 3.87. The maximum atomic E-state index is 12.8. The standard InChI is InChI=1S/C25H30ClN5O/c1-6-31-19(5)22(18(4)30-31)12-13-27-25(28-23-11-10-16(2)14-17(23)3)29-24(32)20-8-7-9-21(26)15-20/h7-11,14-15H,6,12-13H2,1-5H3,(H2,27,28,29,32). The molecule has 1 amide bonds. The van der Waals surface area contributed by atoms with Crippen LogP contribution in [-0.2, 0) is 13.0 Å². The molecule has 0 aliphatic rings. The second-order valence-corrected chi connectivity index (χ2v) is 8.29. The van der Waals surface area contributed by atoms with E-state index in [1.807, 2.05) is 37.6 Å². The maximum absolute atomic E-state index is 12.8. The molecular weight excluding hydrogens is 422 g/mol. The monoisotopic (exact) mass is 451 g/mol. The minimum atomic E-state index is -0.269. The molecule has 0 fully saturated rings. The molecule has 2 aromatic carbocycles. The highest BCUT2D eigenvalue weighted by atomic mass is 35.5. The zero-order valence-corrected chi connectivity index (χ0v) is 20.0. The number of rotatable bonds is 6. The highest BCUT2D eigenvalue weighted by molar-refractivity contribution is 6.31. The van der Waals surface area contributed by atoms with Gasteiger partial charge in [-0.1, -0.05) is 35.4 Å². The fraction of sp³-hybridized carbons (Fsp3) is 0.320. The summed E-state index contributed by atoms with van der Waals surface area (Å²) in [4.78, 5) is 17.5. The van der Waals surface area contributed by atoms with Crippen molar-refractivity contribution in [3.05, 3.63) is 81.1 Å². The Hall–Kier alpha value is -3.12. The lowest BCUT2D eigenvalue weighted by molar-refractivity contribution is 0.0977. The number of benzene rings is 2. The van der Waals surface area contributed by atoms with Crippen molar-refractivity contribution in [1.29, 1.82) is 0 Å². The molecule has 0 saturated carbocycles. The Bertz CT molecular complexity index is 1150. The number of carbonyl (C=O) groups is 1. The van der Waals surface area contributed by atoms with Gasteiger partial charge >= 0.3 is 0 Å². The van der Waals surface area contributed by atoms with Crippen molar-refractivity contribution < 1.29 is 4.79 Å². The van der Waals surface area contributed by atoms with Gasteiger partial charge in [-0.3, -0.25) is 19.8 Å². The molecule has 0 atom stereocenters. The number of hydrogen-bond donors (Lipinski definition) is 2. The van der Waals surface area contributed by atoms with Crippen molar-refractivity contribution in [2.45, 2.75) is 47.6 Å². The van der Waals surface area contributed by atoms with Gasteiger partial charge < -0.3 is 5.32 Å². The van der Waals surface area contributed by atoms with Crippen LogP contribution >= 0.6 is 11.6 Å². The minimum absolute atomic E-state index is 0.269. The van der Waals surface area contributed by atoms with Crippen molar-refractivity contribution >= 4 is 29.2 Å². The van der Waals surface area contributed by atoms with E-state index in [1.54, 1.807) is 24.3 Å². The minimum Gasteiger partial charge on any atom is -0.326 e. The van der Waals surface area contributed by atoms with Gasteiger partial charge in [0.25, 0.3) is 5.91 Å². The Morgan fingerprint density at radius 1 is 1.12 bits per heavy atom. The Kier molecular flexibility index (Phi) is 7.70. The molecule has 0 bridgehead atoms. The van der Waals surface area contributed by atoms with Gasteiger partial charge in [-0.2, -0.15) is 5.10 Å². The second-order valence-electron chi connectivity index (χ2n) is 7.85. The van der Waals surface area contributed by atoms with Gasteiger partial charge in [0.2, 0.25) is 5.96 Å². The zero-order chi connectivity index (χ0) is 23.3. The van der Waals surface area contributed by atoms with Crippen molar-refractivity contribution in [3.63, 3.8) is 0 Å². The van der Waals surface area contributed by atoms with Gasteiger partial charge in [0, 0.05) is 35.1 Å². The number of aromatic nitrogens is 2. The molecule has 3 rings (SSSR count). The van der Waals surface area contributed by atoms with Gasteiger partial charge in [-0.05, 0) is 76.4 Å². The molecule has 7 heteroatoms. The summed E-state index contributed by atoms with van der Waals surface area (Å²) in [5, 5.41) is 11.3. The van der Waals surface area contributed by atoms with Crippen LogP contribution in [0.3, 0.4) is 0 Å². The number of hydrogen-bond acceptors (Lipinski definition) is 3. The molecule has 6 nitrogen and oxygen atoms in total. The first-order valence-electron chi connectivity index (χ1n) is 10.8. The lowest BCUT2D eigenvalue weighted by Crippen LogP contribution is -2.36. The molecule has 168 valence electrons. The summed E-state index contributed by atoms with van der Waals surface area (Å²) in [5.74, 6) is 0.134. The Morgan fingerprint density at radius 3 is 2.56 bits per heavy atom. The van der Waals surface area contributed by atoms with Crippen LogP contribution < -0.4 is 10.6 Å². The number of nitrogens with one attached hydrogen (secondary N) is 2. The second kappa shape index (κ2) is 10.5. The summed E-state index contributed by atoms with van der Waals surface area (Å²) >= 11 is 6.05. The van der Waals surface area contributed by atoms with Crippen LogP contribution in [0.5, 0.6) is 0 Å². The predicted octanol–water partition coefficient (Wildman–Crippen LogP) is 5.23. The molecule has 1 heterocycles. The van der Waals surface area contributed by atoms with Gasteiger partial charge in [0.1, 0.15) is 0 Å². The molecule has 0 aliphatic carbocycles. The number of guanidine groups is 1. The summed E-state index contributed by atoms with van der Waals surface area (Å²) in [5.41, 5.74) is 7.00. The normalized spacial score (nSPS) is 11.5. The first-order chi connectivity index (χ1) is 15.3. The van der Waals surface area contributed by atoms with Gasteiger partial charge in [-0.25, -0.2) is 0 Å². The van der Waals surface area contributed by atoms with E-state index in [4.69, 9.17) is 11.6 Å². The summed E-state index contributed by atoms with van der Waals surface area (Å²) < 4.78 is 2.00. The van der Waals surface area contributed by atoms with E-state index in [1.165, 1.54) is 11.1 Å². The molecule has 1 aromatic heterocycles. The van der Waals surface area contributed by atoms with E-state index in [-0.39, 0.29) is 5.91 Å². The Morgan fingerprint density at radius 2 is 1.91 bits per heavy atom. The molecule has 0 saturated heterocycles. The Balaban J connectivity index is 1.82. The van der Waals surface area contributed by atoms with E-state index in [0.717, 1.165) is 35.6 Å². The number of aryl methyl sites for hydroxylation is 4. The van der Waals surface area contributed by atoms with Crippen molar-refractivity contribution in [2.24, 2.45) is 4.99 Å². The average molecular weight is 452 g/mol. The van der Waals surface area contributed by atoms with E-state index in [9.17, 15) is 4.79 Å². The van der Waals surface area contributed by atoms with E-state index in [2.05, 4.69) is 40.6 Å². The van der Waals surface area contributed by atoms with Crippen LogP contribution in [0, 0.1) is 27.7 Å². The van der Waals surface area contributed by atoms with Gasteiger partial charge in [0.15, 0.2) is 0 Å². The van der Waals surface area contributed by atoms with E-state index < -0.39 is 0 Å². The first-order valence-corrected chi connectivity index (χ1v) is 11.1. The third-order valence-electron chi connectivity index (χ3n) is 5.42. The number of carbonyl (C=O) groups excluding carboxylic acids is 1. The number of halogens is 1. The zero-order valence-electron chi connectivity index (χ0n) is 19.3. The van der Waals surface area contributed by atoms with Crippen LogP contribution in [0.4, 0.5) is 5.69 Å². The third-order valence-corrected chi connectivity index (χ3v) is 5.65. The SMILES string of the molecule is CCn1nc(C)c(CCN=C(NC(=O)c2cccc(Cl)c2)Nc2ccc(C)cc2C)c1C. The molecule has 3 aromatic rings. The fourth-order valence-electron chi connectivity index (χ4n) is 3.68. The molecule has 2 N–H and O–H groups in total. The van der Waals surface area contributed by atoms with Crippen LogP contribution in [0.1, 0.15) is 45.4 Å². The first kappa shape index (κ1) is 23.5. The topological polar surface area (TPSA) is 71.3 Å². The number of anilines is 1. The third kappa shape index (κ3) is 5.77. The van der Waals surface area contributed by atoms with Crippen LogP contribution in [0.15, 0.2) is 47.5 Å². The highest BCUT2D eigenvalue weighted by Crippen LogP contribution is 2.17. The van der Waals surface area contributed by atoms with Crippen LogP contribution in [0.2, 0.25) is 5.02 Å². The van der Waals surface area contributed by atoms with Crippen molar-refractivity contribution in [1.82, 2.24) is 15.1 Å². The van der Waals surface area contributed by atoms with Crippen LogP contribution in [0.25, 0.3) is 0 Å². The molecule has 0 spiro atoms. The van der Waals surface area contributed by atoms with Crippen molar-refractivity contribution in [2.75, 3.05) is 11.9 Å². The van der Waals surface area contributed by atoms with Gasteiger partial charge in [0.05, 0.1) is 5.69 Å². The smallest absolute Gasteiger partial charge is 0.258 e. The molecule has 32 heavy (non-hydrogen) atoms. The number of aliphatic imine (C=N–C) groups is 1. The largest absolute Gasteiger partial charge is 0.326 e. The quantitative estimate of drug-likeness (QED) is 0.398. The van der Waals surface area contributed by atoms with E-state index >= 15 is 0 Å². The molecule has 0 aliphatic heterocycles. The summed E-state index contributed by atoms with van der Waals surface area (Å²) in [6.07, 6.45) is 0.739. The number of nitrogens with zero attached hydrogens (tertiary/aromatic N) is 3. The lowest BCUT2D eigenvalue weighted by atomic mass is 10.1. The molecular formula is C25H30ClN5O.